The smallest absolute Gasteiger partial charge is 0.162 e. The third kappa shape index (κ3) is 5.32. The van der Waals surface area contributed by atoms with Gasteiger partial charge in [0.05, 0.1) is 6.61 Å². The Morgan fingerprint density at radius 2 is 1.89 bits per heavy atom. The molecule has 0 aliphatic heterocycles. The Kier molecular flexibility index (Phi) is 7.11. The Morgan fingerprint density at radius 3 is 2.50 bits per heavy atom. The van der Waals surface area contributed by atoms with Gasteiger partial charge in [0.1, 0.15) is 0 Å². The van der Waals surface area contributed by atoms with E-state index in [0.717, 1.165) is 37.4 Å². The summed E-state index contributed by atoms with van der Waals surface area (Å²) in [6, 6.07) is 7.61. The van der Waals surface area contributed by atoms with E-state index in [1.807, 2.05) is 31.2 Å². The Hall–Kier alpha value is -1.35. The molecule has 0 bridgehead atoms. The summed E-state index contributed by atoms with van der Waals surface area (Å²) in [7, 11) is 0. The molecular formula is C15H23NO2. The van der Waals surface area contributed by atoms with Gasteiger partial charge in [-0.2, -0.15) is 0 Å². The highest BCUT2D eigenvalue weighted by Crippen LogP contribution is 2.10. The van der Waals surface area contributed by atoms with Crippen molar-refractivity contribution in [3.05, 3.63) is 29.8 Å². The number of unbranched alkanes of at least 4 members (excludes halogenated alkanes) is 1. The summed E-state index contributed by atoms with van der Waals surface area (Å²) in [6.45, 7) is 6.38. The van der Waals surface area contributed by atoms with Gasteiger partial charge in [0, 0.05) is 30.8 Å². The quantitative estimate of drug-likeness (QED) is 0.537. The first-order chi connectivity index (χ1) is 8.77. The van der Waals surface area contributed by atoms with Gasteiger partial charge in [-0.25, -0.2) is 0 Å². The number of rotatable bonds is 9. The van der Waals surface area contributed by atoms with E-state index < -0.39 is 0 Å². The number of hydrogen-bond acceptors (Lipinski definition) is 3. The standard InChI is InChI=1S/C15H23NO2/c1-3-5-11-18-12-10-16-14-8-6-13(7-9-14)15(17)4-2/h6-9,16H,3-5,10-12H2,1-2H3. The Bertz CT molecular complexity index is 346. The molecule has 0 aromatic heterocycles. The van der Waals surface area contributed by atoms with Gasteiger partial charge in [0.2, 0.25) is 0 Å². The first-order valence-electron chi connectivity index (χ1n) is 6.72. The zero-order chi connectivity index (χ0) is 13.2. The first kappa shape index (κ1) is 14.7. The van der Waals surface area contributed by atoms with Crippen LogP contribution in [0.5, 0.6) is 0 Å². The summed E-state index contributed by atoms with van der Waals surface area (Å²) in [4.78, 5) is 11.4. The second kappa shape index (κ2) is 8.70. The molecule has 0 atom stereocenters. The summed E-state index contributed by atoms with van der Waals surface area (Å²) in [5, 5.41) is 3.27. The lowest BCUT2D eigenvalue weighted by atomic mass is 10.1. The van der Waals surface area contributed by atoms with Gasteiger partial charge >= 0.3 is 0 Å². The summed E-state index contributed by atoms with van der Waals surface area (Å²) in [5.41, 5.74) is 1.81. The number of carbonyl (C=O) groups excluding carboxylic acids is 1. The van der Waals surface area contributed by atoms with Gasteiger partial charge in [-0.1, -0.05) is 20.3 Å². The third-order valence-corrected chi connectivity index (χ3v) is 2.75. The van der Waals surface area contributed by atoms with E-state index in [0.29, 0.717) is 6.42 Å². The Morgan fingerprint density at radius 1 is 1.17 bits per heavy atom. The van der Waals surface area contributed by atoms with Crippen molar-refractivity contribution < 1.29 is 9.53 Å². The average Bonchev–Trinajstić information content (AvgIpc) is 2.42. The number of benzene rings is 1. The fourth-order valence-electron chi connectivity index (χ4n) is 1.59. The molecule has 1 aromatic carbocycles. The highest BCUT2D eigenvalue weighted by atomic mass is 16.5. The van der Waals surface area contributed by atoms with Crippen molar-refractivity contribution in [1.29, 1.82) is 0 Å². The lowest BCUT2D eigenvalue weighted by Gasteiger charge is -2.07. The Balaban J connectivity index is 2.25. The molecule has 0 aliphatic rings. The molecule has 0 heterocycles. The van der Waals surface area contributed by atoms with Crippen molar-refractivity contribution >= 4 is 11.5 Å². The lowest BCUT2D eigenvalue weighted by Crippen LogP contribution is -2.10. The van der Waals surface area contributed by atoms with Crippen molar-refractivity contribution in [2.75, 3.05) is 25.1 Å². The number of carbonyl (C=O) groups is 1. The fourth-order valence-corrected chi connectivity index (χ4v) is 1.59. The van der Waals surface area contributed by atoms with E-state index in [2.05, 4.69) is 12.2 Å². The van der Waals surface area contributed by atoms with E-state index in [-0.39, 0.29) is 5.78 Å². The molecule has 0 spiro atoms. The predicted octanol–water partition coefficient (Wildman–Crippen LogP) is 3.51. The van der Waals surface area contributed by atoms with Crippen molar-refractivity contribution in [2.24, 2.45) is 0 Å². The van der Waals surface area contributed by atoms with Crippen LogP contribution in [0.1, 0.15) is 43.5 Å². The largest absolute Gasteiger partial charge is 0.383 e. The maximum atomic E-state index is 11.4. The van der Waals surface area contributed by atoms with Crippen LogP contribution in [0.4, 0.5) is 5.69 Å². The van der Waals surface area contributed by atoms with Crippen molar-refractivity contribution in [1.82, 2.24) is 0 Å². The second-order valence-corrected chi connectivity index (χ2v) is 4.25. The van der Waals surface area contributed by atoms with Crippen LogP contribution < -0.4 is 5.32 Å². The third-order valence-electron chi connectivity index (χ3n) is 2.75. The molecule has 0 saturated carbocycles. The van der Waals surface area contributed by atoms with Crippen LogP contribution in [0.15, 0.2) is 24.3 Å². The molecule has 0 aliphatic carbocycles. The van der Waals surface area contributed by atoms with Crippen LogP contribution in [0, 0.1) is 0 Å². The van der Waals surface area contributed by atoms with Gasteiger partial charge in [0.15, 0.2) is 5.78 Å². The minimum absolute atomic E-state index is 0.185. The van der Waals surface area contributed by atoms with Crippen LogP contribution in [0.2, 0.25) is 0 Å². The molecule has 18 heavy (non-hydrogen) atoms. The number of hydrogen-bond donors (Lipinski definition) is 1. The molecular weight excluding hydrogens is 226 g/mol. The summed E-state index contributed by atoms with van der Waals surface area (Å²) in [5.74, 6) is 0.185. The van der Waals surface area contributed by atoms with E-state index in [1.54, 1.807) is 0 Å². The molecule has 3 heteroatoms. The predicted molar refractivity (Wildman–Crippen MR) is 75.3 cm³/mol. The lowest BCUT2D eigenvalue weighted by molar-refractivity contribution is 0.0988. The fraction of sp³-hybridized carbons (Fsp3) is 0.533. The second-order valence-electron chi connectivity index (χ2n) is 4.25. The van der Waals surface area contributed by atoms with Gasteiger partial charge in [-0.15, -0.1) is 0 Å². The maximum absolute atomic E-state index is 11.4. The van der Waals surface area contributed by atoms with E-state index >= 15 is 0 Å². The summed E-state index contributed by atoms with van der Waals surface area (Å²) >= 11 is 0. The van der Waals surface area contributed by atoms with Gasteiger partial charge in [-0.05, 0) is 30.7 Å². The SMILES string of the molecule is CCCCOCCNc1ccc(C(=O)CC)cc1. The molecule has 0 radical (unpaired) electrons. The number of ketones is 1. The summed E-state index contributed by atoms with van der Waals surface area (Å²) < 4.78 is 5.46. The molecule has 100 valence electrons. The molecule has 0 fully saturated rings. The highest BCUT2D eigenvalue weighted by Gasteiger charge is 2.01. The van der Waals surface area contributed by atoms with E-state index in [9.17, 15) is 4.79 Å². The van der Waals surface area contributed by atoms with Crippen LogP contribution >= 0.6 is 0 Å². The zero-order valence-electron chi connectivity index (χ0n) is 11.4. The molecule has 0 saturated heterocycles. The average molecular weight is 249 g/mol. The van der Waals surface area contributed by atoms with E-state index in [4.69, 9.17) is 4.74 Å². The van der Waals surface area contributed by atoms with Gasteiger partial charge < -0.3 is 10.1 Å². The number of anilines is 1. The molecule has 1 aromatic rings. The van der Waals surface area contributed by atoms with Crippen molar-refractivity contribution in [2.45, 2.75) is 33.1 Å². The summed E-state index contributed by atoms with van der Waals surface area (Å²) in [6.07, 6.45) is 2.84. The van der Waals surface area contributed by atoms with Gasteiger partial charge in [0.25, 0.3) is 0 Å². The first-order valence-corrected chi connectivity index (χ1v) is 6.72. The number of nitrogens with one attached hydrogen (secondary N) is 1. The molecule has 3 nitrogen and oxygen atoms in total. The monoisotopic (exact) mass is 249 g/mol. The highest BCUT2D eigenvalue weighted by molar-refractivity contribution is 5.96. The van der Waals surface area contributed by atoms with Crippen molar-refractivity contribution in [3.63, 3.8) is 0 Å². The zero-order valence-corrected chi connectivity index (χ0v) is 11.4. The van der Waals surface area contributed by atoms with E-state index in [1.165, 1.54) is 6.42 Å². The molecule has 1 rings (SSSR count). The molecule has 0 unspecified atom stereocenters. The minimum Gasteiger partial charge on any atom is -0.383 e. The van der Waals surface area contributed by atoms with Crippen LogP contribution in [0.25, 0.3) is 0 Å². The Labute approximate surface area is 110 Å². The minimum atomic E-state index is 0.185. The number of Topliss-reactive ketones (excluding diaryl/α,β-unsaturated/α-hetero) is 1. The molecule has 1 N–H and O–H groups in total. The van der Waals surface area contributed by atoms with Crippen molar-refractivity contribution in [3.8, 4) is 0 Å². The van der Waals surface area contributed by atoms with Gasteiger partial charge in [-0.3, -0.25) is 4.79 Å². The maximum Gasteiger partial charge on any atom is 0.162 e. The molecule has 0 amide bonds. The van der Waals surface area contributed by atoms with Crippen LogP contribution in [-0.4, -0.2) is 25.5 Å². The topological polar surface area (TPSA) is 38.3 Å². The van der Waals surface area contributed by atoms with Crippen LogP contribution in [0.3, 0.4) is 0 Å². The number of ether oxygens (including phenoxy) is 1. The normalized spacial score (nSPS) is 10.3. The van der Waals surface area contributed by atoms with Crippen LogP contribution in [-0.2, 0) is 4.74 Å².